The van der Waals surface area contributed by atoms with Gasteiger partial charge in [0.05, 0.1) is 18.8 Å². The molecule has 0 aliphatic rings. The van der Waals surface area contributed by atoms with Gasteiger partial charge in [0.1, 0.15) is 0 Å². The monoisotopic (exact) mass is 242 g/mol. The van der Waals surface area contributed by atoms with Crippen molar-refractivity contribution in [1.29, 1.82) is 0 Å². The van der Waals surface area contributed by atoms with Crippen molar-refractivity contribution in [3.63, 3.8) is 0 Å². The molecule has 0 aliphatic carbocycles. The highest BCUT2D eigenvalue weighted by Gasteiger charge is 2.13. The highest BCUT2D eigenvalue weighted by Crippen LogP contribution is 2.20. The molecule has 17 heavy (non-hydrogen) atoms. The number of aliphatic hydroxyl groups is 1. The molecule has 0 spiro atoms. The second kappa shape index (κ2) is 7.33. The number of hydrogen-bond acceptors (Lipinski definition) is 3. The number of aliphatic hydroxyl groups excluding tert-OH is 1. The summed E-state index contributed by atoms with van der Waals surface area (Å²) in [5, 5.41) is 13.6. The average Bonchev–Trinajstić information content (AvgIpc) is 2.48. The summed E-state index contributed by atoms with van der Waals surface area (Å²) in [6, 6.07) is 0. The molecule has 1 N–H and O–H groups in total. The molecule has 0 amide bonds. The summed E-state index contributed by atoms with van der Waals surface area (Å²) < 4.78 is 7.36. The first-order chi connectivity index (χ1) is 7.91. The van der Waals surface area contributed by atoms with Crippen molar-refractivity contribution < 1.29 is 9.84 Å². The van der Waals surface area contributed by atoms with Crippen LogP contribution in [0, 0.1) is 13.8 Å². The lowest BCUT2D eigenvalue weighted by molar-refractivity contribution is 0.165. The lowest BCUT2D eigenvalue weighted by Gasteiger charge is -2.07. The number of rotatable bonds is 4. The molecule has 1 aromatic rings. The molecule has 0 aliphatic heterocycles. The lowest BCUT2D eigenvalue weighted by Crippen LogP contribution is -2.14. The molecule has 1 rings (SSSR count). The number of hydrogen-bond donors (Lipinski definition) is 1. The Labute approximate surface area is 105 Å². The van der Waals surface area contributed by atoms with Crippen LogP contribution in [0.5, 0.6) is 5.88 Å². The lowest BCUT2D eigenvalue weighted by atomic mass is 10.3. The van der Waals surface area contributed by atoms with Crippen molar-refractivity contribution in [3.8, 4) is 5.88 Å². The summed E-state index contributed by atoms with van der Waals surface area (Å²) >= 11 is 0. The van der Waals surface area contributed by atoms with E-state index in [1.165, 1.54) is 0 Å². The maximum Gasteiger partial charge on any atom is 0.236 e. The van der Waals surface area contributed by atoms with Gasteiger partial charge in [0.15, 0.2) is 0 Å². The van der Waals surface area contributed by atoms with Gasteiger partial charge in [0.2, 0.25) is 5.88 Å². The van der Waals surface area contributed by atoms with E-state index in [4.69, 9.17) is 4.74 Å². The van der Waals surface area contributed by atoms with E-state index < -0.39 is 6.10 Å². The Bertz CT molecular complexity index is 300. The number of ether oxygens (including phenoxy) is 1. The van der Waals surface area contributed by atoms with Crippen LogP contribution in [0.4, 0.5) is 0 Å². The maximum atomic E-state index is 9.31. The molecule has 100 valence electrons. The molecular formula is C13H26N2O2. The first-order valence-electron chi connectivity index (χ1n) is 6.30. The minimum Gasteiger partial charge on any atom is -0.474 e. The third kappa shape index (κ3) is 4.77. The summed E-state index contributed by atoms with van der Waals surface area (Å²) in [4.78, 5) is 0. The Balaban J connectivity index is 0.00000121. The van der Waals surface area contributed by atoms with E-state index in [1.54, 1.807) is 11.6 Å². The molecule has 1 atom stereocenters. The van der Waals surface area contributed by atoms with E-state index in [1.807, 2.05) is 41.5 Å². The van der Waals surface area contributed by atoms with Gasteiger partial charge in [0, 0.05) is 11.3 Å². The molecule has 0 saturated carbocycles. The fourth-order valence-corrected chi connectivity index (χ4v) is 1.37. The first kappa shape index (κ1) is 16.0. The van der Waals surface area contributed by atoms with Gasteiger partial charge in [-0.05, 0) is 34.6 Å². The van der Waals surface area contributed by atoms with E-state index in [9.17, 15) is 5.11 Å². The minimum absolute atomic E-state index is 0.123. The summed E-state index contributed by atoms with van der Waals surface area (Å²) in [6.45, 7) is 14.2. The van der Waals surface area contributed by atoms with Crippen molar-refractivity contribution in [2.45, 2.75) is 67.2 Å². The first-order valence-corrected chi connectivity index (χ1v) is 6.30. The molecule has 1 heterocycles. The molecule has 1 unspecified atom stereocenters. The van der Waals surface area contributed by atoms with E-state index in [0.717, 1.165) is 11.3 Å². The third-order valence-corrected chi connectivity index (χ3v) is 2.25. The number of nitrogens with zero attached hydrogens (tertiary/aromatic N) is 2. The van der Waals surface area contributed by atoms with Gasteiger partial charge in [-0.25, -0.2) is 0 Å². The van der Waals surface area contributed by atoms with Gasteiger partial charge < -0.3 is 9.84 Å². The third-order valence-electron chi connectivity index (χ3n) is 2.25. The Morgan fingerprint density at radius 3 is 2.18 bits per heavy atom. The van der Waals surface area contributed by atoms with Crippen molar-refractivity contribution in [1.82, 2.24) is 9.78 Å². The predicted molar refractivity (Wildman–Crippen MR) is 70.5 cm³/mol. The molecule has 0 bridgehead atoms. The summed E-state index contributed by atoms with van der Waals surface area (Å²) in [5.41, 5.74) is 2.09. The molecule has 0 aromatic carbocycles. The van der Waals surface area contributed by atoms with Crippen LogP contribution in [-0.2, 0) is 6.54 Å². The molecule has 4 nitrogen and oxygen atoms in total. The molecule has 0 fully saturated rings. The second-order valence-corrected chi connectivity index (χ2v) is 4.21. The van der Waals surface area contributed by atoms with Crippen molar-refractivity contribution in [2.24, 2.45) is 0 Å². The van der Waals surface area contributed by atoms with Crippen LogP contribution in [0.2, 0.25) is 0 Å². The molecule has 0 radical (unpaired) electrons. The Hall–Kier alpha value is -1.03. The topological polar surface area (TPSA) is 47.3 Å². The van der Waals surface area contributed by atoms with E-state index >= 15 is 0 Å². The van der Waals surface area contributed by atoms with Crippen molar-refractivity contribution in [2.75, 3.05) is 0 Å². The van der Waals surface area contributed by atoms with Gasteiger partial charge in [-0.2, -0.15) is 0 Å². The van der Waals surface area contributed by atoms with Crippen molar-refractivity contribution >= 4 is 0 Å². The predicted octanol–water partition coefficient (Wildman–Crippen LogP) is 2.69. The Morgan fingerprint density at radius 2 is 1.76 bits per heavy atom. The van der Waals surface area contributed by atoms with Crippen LogP contribution in [0.25, 0.3) is 0 Å². The van der Waals surface area contributed by atoms with Gasteiger partial charge in [-0.1, -0.05) is 13.8 Å². The van der Waals surface area contributed by atoms with Crippen LogP contribution in [0.3, 0.4) is 0 Å². The molecule has 1 aromatic heterocycles. The van der Waals surface area contributed by atoms with Gasteiger partial charge in [-0.15, -0.1) is 5.10 Å². The standard InChI is InChI=1S/C11H20N2O2.C2H6/c1-7(2)15-11-9(4)10(5)13(12-11)6-8(3)14;1-2/h7-8,14H,6H2,1-5H3;1-2H3. The van der Waals surface area contributed by atoms with Crippen LogP contribution in [0.1, 0.15) is 45.9 Å². The maximum absolute atomic E-state index is 9.31. The fraction of sp³-hybridized carbons (Fsp3) is 0.769. The van der Waals surface area contributed by atoms with Crippen molar-refractivity contribution in [3.05, 3.63) is 11.3 Å². The normalized spacial score (nSPS) is 12.1. The number of aromatic nitrogens is 2. The van der Waals surface area contributed by atoms with Gasteiger partial charge >= 0.3 is 0 Å². The van der Waals surface area contributed by atoms with Gasteiger partial charge in [-0.3, -0.25) is 4.68 Å². The summed E-state index contributed by atoms with van der Waals surface area (Å²) in [6.07, 6.45) is -0.270. The quantitative estimate of drug-likeness (QED) is 0.883. The molecule has 4 heteroatoms. The van der Waals surface area contributed by atoms with E-state index in [0.29, 0.717) is 12.4 Å². The van der Waals surface area contributed by atoms with E-state index in [2.05, 4.69) is 5.10 Å². The largest absolute Gasteiger partial charge is 0.474 e. The van der Waals surface area contributed by atoms with E-state index in [-0.39, 0.29) is 6.10 Å². The minimum atomic E-state index is -0.394. The zero-order chi connectivity index (χ0) is 13.6. The average molecular weight is 242 g/mol. The zero-order valence-electron chi connectivity index (χ0n) is 12.1. The molecular weight excluding hydrogens is 216 g/mol. The fourth-order valence-electron chi connectivity index (χ4n) is 1.37. The summed E-state index contributed by atoms with van der Waals surface area (Å²) in [7, 11) is 0. The van der Waals surface area contributed by atoms with Crippen LogP contribution in [0.15, 0.2) is 0 Å². The summed E-state index contributed by atoms with van der Waals surface area (Å²) in [5.74, 6) is 0.670. The highest BCUT2D eigenvalue weighted by atomic mass is 16.5. The molecule has 0 saturated heterocycles. The second-order valence-electron chi connectivity index (χ2n) is 4.21. The highest BCUT2D eigenvalue weighted by molar-refractivity contribution is 5.29. The Kier molecular flexibility index (Phi) is 6.88. The Morgan fingerprint density at radius 1 is 1.24 bits per heavy atom. The van der Waals surface area contributed by atoms with Crippen LogP contribution < -0.4 is 4.74 Å². The van der Waals surface area contributed by atoms with Crippen LogP contribution >= 0.6 is 0 Å². The zero-order valence-corrected chi connectivity index (χ0v) is 12.1. The smallest absolute Gasteiger partial charge is 0.236 e. The van der Waals surface area contributed by atoms with Crippen LogP contribution in [-0.4, -0.2) is 27.1 Å². The SMILES string of the molecule is CC.Cc1c(OC(C)C)nn(CC(C)O)c1C. The van der Waals surface area contributed by atoms with Gasteiger partial charge in [0.25, 0.3) is 0 Å².